The van der Waals surface area contributed by atoms with E-state index in [9.17, 15) is 0 Å². The van der Waals surface area contributed by atoms with Crippen LogP contribution in [0.25, 0.3) is 10.1 Å². The van der Waals surface area contributed by atoms with E-state index >= 15 is 0 Å². The highest BCUT2D eigenvalue weighted by molar-refractivity contribution is 7.13. The maximum Gasteiger partial charge on any atom is 0.0952 e. The highest BCUT2D eigenvalue weighted by Gasteiger charge is 2.05. The SMILES string of the molecule is ClC1CNCCN1.c1ccc2sncc2c1. The number of piperazine rings is 1. The molecule has 2 heterocycles. The Bertz CT molecular complexity index is 396. The number of nitrogens with one attached hydrogen (secondary N) is 2. The average Bonchev–Trinajstić information content (AvgIpc) is 2.79. The Labute approximate surface area is 104 Å². The van der Waals surface area contributed by atoms with Gasteiger partial charge in [0.2, 0.25) is 0 Å². The molecule has 1 aromatic heterocycles. The van der Waals surface area contributed by atoms with Crippen molar-refractivity contribution in [3.05, 3.63) is 30.5 Å². The van der Waals surface area contributed by atoms with Gasteiger partial charge in [0.1, 0.15) is 0 Å². The number of hydrogen-bond acceptors (Lipinski definition) is 4. The van der Waals surface area contributed by atoms with E-state index in [4.69, 9.17) is 11.6 Å². The summed E-state index contributed by atoms with van der Waals surface area (Å²) in [5, 5.41) is 7.46. The molecule has 0 amide bonds. The Balaban J connectivity index is 0.000000125. The monoisotopic (exact) mass is 255 g/mol. The normalized spacial score (nSPS) is 20.2. The number of nitrogens with zero attached hydrogens (tertiary/aromatic N) is 1. The molecule has 2 aromatic rings. The third-order valence-corrected chi connectivity index (χ3v) is 3.34. The highest BCUT2D eigenvalue weighted by Crippen LogP contribution is 2.15. The lowest BCUT2D eigenvalue weighted by atomic mass is 10.3. The molecular formula is C11H14ClN3S. The molecule has 1 atom stereocenters. The predicted octanol–water partition coefficient (Wildman–Crippen LogP) is 2.04. The van der Waals surface area contributed by atoms with E-state index in [2.05, 4.69) is 27.1 Å². The second-order valence-corrected chi connectivity index (χ2v) is 4.85. The van der Waals surface area contributed by atoms with Crippen molar-refractivity contribution < 1.29 is 0 Å². The number of fused-ring (bicyclic) bond motifs is 1. The van der Waals surface area contributed by atoms with Crippen molar-refractivity contribution in [1.82, 2.24) is 15.0 Å². The summed E-state index contributed by atoms with van der Waals surface area (Å²) in [5.41, 5.74) is 0.147. The summed E-state index contributed by atoms with van der Waals surface area (Å²) in [4.78, 5) is 0. The van der Waals surface area contributed by atoms with Gasteiger partial charge in [-0.1, -0.05) is 18.2 Å². The summed E-state index contributed by atoms with van der Waals surface area (Å²) < 4.78 is 5.30. The molecule has 0 bridgehead atoms. The largest absolute Gasteiger partial charge is 0.313 e. The third-order valence-electron chi connectivity index (χ3n) is 2.25. The molecule has 2 N–H and O–H groups in total. The van der Waals surface area contributed by atoms with Crippen molar-refractivity contribution in [2.75, 3.05) is 19.6 Å². The van der Waals surface area contributed by atoms with Crippen molar-refractivity contribution in [3.63, 3.8) is 0 Å². The van der Waals surface area contributed by atoms with Gasteiger partial charge in [0.25, 0.3) is 0 Å². The van der Waals surface area contributed by atoms with E-state index in [1.54, 1.807) is 0 Å². The molecule has 86 valence electrons. The van der Waals surface area contributed by atoms with Gasteiger partial charge in [-0.3, -0.25) is 5.32 Å². The predicted molar refractivity (Wildman–Crippen MR) is 70.1 cm³/mol. The topological polar surface area (TPSA) is 37.0 Å². The van der Waals surface area contributed by atoms with Crippen LogP contribution < -0.4 is 10.6 Å². The van der Waals surface area contributed by atoms with Gasteiger partial charge in [-0.05, 0) is 17.6 Å². The van der Waals surface area contributed by atoms with Crippen molar-refractivity contribution in [2.45, 2.75) is 5.50 Å². The minimum absolute atomic E-state index is 0.147. The first kappa shape index (κ1) is 11.8. The van der Waals surface area contributed by atoms with Crippen LogP contribution in [0.2, 0.25) is 0 Å². The minimum atomic E-state index is 0.147. The number of aromatic nitrogens is 1. The summed E-state index contributed by atoms with van der Waals surface area (Å²) in [6, 6.07) is 8.20. The van der Waals surface area contributed by atoms with Gasteiger partial charge in [0.05, 0.1) is 10.2 Å². The number of rotatable bonds is 0. The lowest BCUT2D eigenvalue weighted by Crippen LogP contribution is -2.45. The standard InChI is InChI=1S/C7H5NS.C4H9ClN2/c1-2-4-7-6(3-1)5-8-9-7;5-4-3-6-1-2-7-4/h1-5H;4,6-7H,1-3H2. The lowest BCUT2D eigenvalue weighted by molar-refractivity contribution is 0.501. The van der Waals surface area contributed by atoms with E-state index in [-0.39, 0.29) is 5.50 Å². The van der Waals surface area contributed by atoms with Crippen LogP contribution in [-0.2, 0) is 0 Å². The second kappa shape index (κ2) is 6.15. The van der Waals surface area contributed by atoms with E-state index < -0.39 is 0 Å². The van der Waals surface area contributed by atoms with E-state index in [0.29, 0.717) is 0 Å². The number of benzene rings is 1. The zero-order valence-electron chi connectivity index (χ0n) is 8.82. The van der Waals surface area contributed by atoms with Crippen LogP contribution in [0.15, 0.2) is 30.5 Å². The Morgan fingerprint density at radius 2 is 2.19 bits per heavy atom. The molecule has 1 fully saturated rings. The first-order valence-electron chi connectivity index (χ1n) is 5.24. The number of halogens is 1. The van der Waals surface area contributed by atoms with Crippen LogP contribution in [0.4, 0.5) is 0 Å². The fourth-order valence-corrected chi connectivity index (χ4v) is 2.29. The molecule has 3 nitrogen and oxygen atoms in total. The van der Waals surface area contributed by atoms with Crippen molar-refractivity contribution in [2.24, 2.45) is 0 Å². The molecule has 1 aliphatic heterocycles. The Hall–Kier alpha value is -0.680. The summed E-state index contributed by atoms with van der Waals surface area (Å²) in [6.07, 6.45) is 1.89. The average molecular weight is 256 g/mol. The molecule has 1 aliphatic rings. The number of hydrogen-bond donors (Lipinski definition) is 2. The van der Waals surface area contributed by atoms with Crippen LogP contribution in [-0.4, -0.2) is 29.5 Å². The maximum atomic E-state index is 5.64. The first-order valence-corrected chi connectivity index (χ1v) is 6.45. The first-order chi connectivity index (χ1) is 7.86. The zero-order chi connectivity index (χ0) is 11.2. The van der Waals surface area contributed by atoms with E-state index in [1.807, 2.05) is 18.3 Å². The second-order valence-electron chi connectivity index (χ2n) is 3.49. The fourth-order valence-electron chi connectivity index (χ4n) is 1.43. The molecular weight excluding hydrogens is 242 g/mol. The molecule has 1 unspecified atom stereocenters. The quantitative estimate of drug-likeness (QED) is 0.559. The van der Waals surface area contributed by atoms with E-state index in [0.717, 1.165) is 19.6 Å². The van der Waals surface area contributed by atoms with Crippen LogP contribution in [0.5, 0.6) is 0 Å². The molecule has 0 aliphatic carbocycles. The molecule has 3 rings (SSSR count). The van der Waals surface area contributed by atoms with Gasteiger partial charge < -0.3 is 5.32 Å². The van der Waals surface area contributed by atoms with Crippen LogP contribution in [0.1, 0.15) is 0 Å². The molecule has 0 radical (unpaired) electrons. The summed E-state index contributed by atoms with van der Waals surface area (Å²) in [7, 11) is 0. The zero-order valence-corrected chi connectivity index (χ0v) is 10.4. The van der Waals surface area contributed by atoms with Crippen molar-refractivity contribution in [1.29, 1.82) is 0 Å². The molecule has 1 saturated heterocycles. The smallest absolute Gasteiger partial charge is 0.0952 e. The molecule has 0 spiro atoms. The Morgan fingerprint density at radius 1 is 1.31 bits per heavy atom. The Morgan fingerprint density at radius 3 is 2.81 bits per heavy atom. The summed E-state index contributed by atoms with van der Waals surface area (Å²) in [5.74, 6) is 0. The van der Waals surface area contributed by atoms with Crippen LogP contribution in [0.3, 0.4) is 0 Å². The van der Waals surface area contributed by atoms with Crippen LogP contribution >= 0.6 is 23.1 Å². The van der Waals surface area contributed by atoms with Gasteiger partial charge in [0.15, 0.2) is 0 Å². The minimum Gasteiger partial charge on any atom is -0.313 e. The van der Waals surface area contributed by atoms with Gasteiger partial charge in [0, 0.05) is 31.2 Å². The third kappa shape index (κ3) is 3.42. The van der Waals surface area contributed by atoms with Crippen LogP contribution in [0, 0.1) is 0 Å². The van der Waals surface area contributed by atoms with Gasteiger partial charge in [-0.25, -0.2) is 0 Å². The maximum absolute atomic E-state index is 5.64. The van der Waals surface area contributed by atoms with E-state index in [1.165, 1.54) is 21.6 Å². The molecule has 5 heteroatoms. The lowest BCUT2D eigenvalue weighted by Gasteiger charge is -2.17. The summed E-state index contributed by atoms with van der Waals surface area (Å²) >= 11 is 7.18. The fraction of sp³-hybridized carbons (Fsp3) is 0.364. The Kier molecular flexibility index (Phi) is 4.54. The summed E-state index contributed by atoms with van der Waals surface area (Å²) in [6.45, 7) is 2.93. The van der Waals surface area contributed by atoms with Gasteiger partial charge in [-0.2, -0.15) is 4.37 Å². The molecule has 1 aromatic carbocycles. The molecule has 0 saturated carbocycles. The van der Waals surface area contributed by atoms with Gasteiger partial charge in [-0.15, -0.1) is 11.6 Å². The van der Waals surface area contributed by atoms with Crippen molar-refractivity contribution >= 4 is 33.2 Å². The number of alkyl halides is 1. The highest BCUT2D eigenvalue weighted by atomic mass is 35.5. The molecule has 16 heavy (non-hydrogen) atoms. The van der Waals surface area contributed by atoms with Gasteiger partial charge >= 0.3 is 0 Å². The van der Waals surface area contributed by atoms with Crippen molar-refractivity contribution in [3.8, 4) is 0 Å².